The Morgan fingerprint density at radius 1 is 0.851 bits per heavy atom. The smallest absolute Gasteiger partial charge is 0.337 e. The summed E-state index contributed by atoms with van der Waals surface area (Å²) >= 11 is 0. The number of anilines is 3. The lowest BCUT2D eigenvalue weighted by Crippen LogP contribution is -2.24. The van der Waals surface area contributed by atoms with Crippen LogP contribution in [0.2, 0.25) is 0 Å². The second kappa shape index (κ2) is 14.3. The topological polar surface area (TPSA) is 104 Å². The van der Waals surface area contributed by atoms with Crippen LogP contribution in [-0.2, 0) is 13.1 Å². The molecule has 0 amide bonds. The van der Waals surface area contributed by atoms with Gasteiger partial charge in [0.2, 0.25) is 0 Å². The number of aryl methyl sites for hydroxylation is 1. The molecule has 4 aromatic carbocycles. The normalized spacial score (nSPS) is 11.6. The van der Waals surface area contributed by atoms with E-state index in [9.17, 15) is 19.4 Å². The molecule has 0 saturated heterocycles. The van der Waals surface area contributed by atoms with E-state index in [1.165, 1.54) is 24.3 Å². The van der Waals surface area contributed by atoms with Gasteiger partial charge in [-0.3, -0.25) is 0 Å². The summed E-state index contributed by atoms with van der Waals surface area (Å²) in [7, 11) is 3.15. The van der Waals surface area contributed by atoms with E-state index in [1.54, 1.807) is 33.3 Å². The minimum Gasteiger partial charge on any atom is -0.497 e. The quantitative estimate of drug-likeness (QED) is 0.128. The van der Waals surface area contributed by atoms with Crippen molar-refractivity contribution in [3.8, 4) is 11.5 Å². The van der Waals surface area contributed by atoms with Crippen LogP contribution in [0, 0.1) is 24.4 Å². The maximum absolute atomic E-state index is 15.5. The van der Waals surface area contributed by atoms with Crippen molar-refractivity contribution < 1.29 is 37.7 Å². The number of nitrogens with one attached hydrogen (secondary N) is 1. The highest BCUT2D eigenvalue weighted by Crippen LogP contribution is 2.35. The van der Waals surface area contributed by atoms with E-state index in [0.717, 1.165) is 17.2 Å². The van der Waals surface area contributed by atoms with Crippen LogP contribution in [0.5, 0.6) is 11.5 Å². The molecule has 0 aliphatic rings. The summed E-state index contributed by atoms with van der Waals surface area (Å²) in [4.78, 5) is 18.7. The summed E-state index contributed by atoms with van der Waals surface area (Å²) in [6, 6.07) is 24.5. The second-order valence-corrected chi connectivity index (χ2v) is 10.8. The van der Waals surface area contributed by atoms with Crippen LogP contribution in [0.15, 0.2) is 91.0 Å². The van der Waals surface area contributed by atoms with Crippen molar-refractivity contribution in [2.24, 2.45) is 0 Å². The van der Waals surface area contributed by atoms with Crippen LogP contribution in [0.1, 0.15) is 44.4 Å². The molecular formula is C36H32F3N3O5. The average Bonchev–Trinajstić information content (AvgIpc) is 3.08. The van der Waals surface area contributed by atoms with Crippen LogP contribution >= 0.6 is 0 Å². The molecule has 1 heterocycles. The largest absolute Gasteiger partial charge is 0.497 e. The molecule has 47 heavy (non-hydrogen) atoms. The summed E-state index contributed by atoms with van der Waals surface area (Å²) in [6.07, 6.45) is -1.84. The molecular weight excluding hydrogens is 611 g/mol. The molecule has 11 heteroatoms. The number of hydrogen-bond donors (Lipinski definition) is 3. The highest BCUT2D eigenvalue weighted by atomic mass is 19.2. The third-order valence-corrected chi connectivity index (χ3v) is 7.57. The van der Waals surface area contributed by atoms with Gasteiger partial charge in [-0.25, -0.2) is 22.9 Å². The number of aliphatic hydroxyl groups excluding tert-OH is 1. The summed E-state index contributed by atoms with van der Waals surface area (Å²) in [5, 5.41) is 23.5. The Kier molecular flexibility index (Phi) is 9.96. The molecule has 1 unspecified atom stereocenters. The zero-order valence-electron chi connectivity index (χ0n) is 25.8. The van der Waals surface area contributed by atoms with E-state index < -0.39 is 46.3 Å². The van der Waals surface area contributed by atoms with Crippen molar-refractivity contribution in [1.82, 2.24) is 4.98 Å². The SMILES string of the molecule is COc1ccc(CN(Cc2ccc(OC)cc2)c2cccc(C(O)c3cc(C(=O)O)c(Nc4ccc(C)cc4F)c(F)c3F)n2)cc1. The Bertz CT molecular complexity index is 1840. The fourth-order valence-electron chi connectivity index (χ4n) is 5.04. The molecule has 0 spiro atoms. The molecule has 1 aromatic heterocycles. The van der Waals surface area contributed by atoms with Crippen LogP contribution in [0.3, 0.4) is 0 Å². The number of rotatable bonds is 12. The average molecular weight is 644 g/mol. The van der Waals surface area contributed by atoms with E-state index in [2.05, 4.69) is 10.3 Å². The van der Waals surface area contributed by atoms with Crippen molar-refractivity contribution in [1.29, 1.82) is 0 Å². The summed E-state index contributed by atoms with van der Waals surface area (Å²) in [5.41, 5.74) is 0.0353. The van der Waals surface area contributed by atoms with E-state index in [0.29, 0.717) is 36.0 Å². The second-order valence-electron chi connectivity index (χ2n) is 10.8. The number of pyridine rings is 1. The fourth-order valence-corrected chi connectivity index (χ4v) is 5.04. The lowest BCUT2D eigenvalue weighted by atomic mass is 10.00. The number of hydrogen-bond acceptors (Lipinski definition) is 7. The van der Waals surface area contributed by atoms with Crippen LogP contribution in [0.4, 0.5) is 30.4 Å². The number of halogens is 3. The van der Waals surface area contributed by atoms with Gasteiger partial charge in [-0.05, 0) is 78.2 Å². The number of carbonyl (C=O) groups is 1. The minimum absolute atomic E-state index is 0.0445. The lowest BCUT2D eigenvalue weighted by Gasteiger charge is -2.25. The number of nitrogens with zero attached hydrogens (tertiary/aromatic N) is 2. The molecule has 0 aliphatic heterocycles. The molecule has 3 N–H and O–H groups in total. The van der Waals surface area contributed by atoms with Crippen molar-refractivity contribution in [2.75, 3.05) is 24.4 Å². The van der Waals surface area contributed by atoms with Crippen LogP contribution < -0.4 is 19.7 Å². The molecule has 5 aromatic rings. The number of carboxylic acid groups (broad SMARTS) is 1. The maximum atomic E-state index is 15.5. The van der Waals surface area contributed by atoms with Gasteiger partial charge in [0, 0.05) is 18.7 Å². The Morgan fingerprint density at radius 3 is 1.98 bits per heavy atom. The van der Waals surface area contributed by atoms with Crippen LogP contribution in [-0.4, -0.2) is 35.4 Å². The van der Waals surface area contributed by atoms with Crippen molar-refractivity contribution in [2.45, 2.75) is 26.1 Å². The van der Waals surface area contributed by atoms with Gasteiger partial charge in [-0.2, -0.15) is 0 Å². The first kappa shape index (κ1) is 32.8. The number of aliphatic hydroxyl groups is 1. The summed E-state index contributed by atoms with van der Waals surface area (Å²) < 4.78 is 56.0. The third-order valence-electron chi connectivity index (χ3n) is 7.57. The first-order valence-electron chi connectivity index (χ1n) is 14.5. The molecule has 242 valence electrons. The van der Waals surface area contributed by atoms with Gasteiger partial charge in [0.1, 0.15) is 29.2 Å². The van der Waals surface area contributed by atoms with Gasteiger partial charge in [0.15, 0.2) is 11.6 Å². The number of ether oxygens (including phenoxy) is 2. The molecule has 0 bridgehead atoms. The standard InChI is InChI=1S/C36H32F3N3O5/c1-21-7-16-29(28(37)17-21)41-34-27(36(44)45)18-26(32(38)33(34)39)35(43)30-5-4-6-31(40-30)42(19-22-8-12-24(46-2)13-9-22)20-23-10-14-25(47-3)15-11-23/h4-18,35,41,43H,19-20H2,1-3H3,(H,44,45). The third kappa shape index (κ3) is 7.47. The van der Waals surface area contributed by atoms with Gasteiger partial charge in [0.05, 0.1) is 36.9 Å². The Labute approximate surface area is 269 Å². The highest BCUT2D eigenvalue weighted by molar-refractivity contribution is 5.95. The lowest BCUT2D eigenvalue weighted by molar-refractivity contribution is 0.0697. The maximum Gasteiger partial charge on any atom is 0.337 e. The fraction of sp³-hybridized carbons (Fsp3) is 0.167. The van der Waals surface area contributed by atoms with Crippen molar-refractivity contribution in [3.63, 3.8) is 0 Å². The van der Waals surface area contributed by atoms with Crippen molar-refractivity contribution >= 4 is 23.2 Å². The molecule has 8 nitrogen and oxygen atoms in total. The summed E-state index contributed by atoms with van der Waals surface area (Å²) in [5.74, 6) is -3.67. The molecule has 0 radical (unpaired) electrons. The summed E-state index contributed by atoms with van der Waals surface area (Å²) in [6.45, 7) is 2.43. The number of methoxy groups -OCH3 is 2. The number of aromatic carboxylic acids is 1. The zero-order valence-corrected chi connectivity index (χ0v) is 25.8. The Balaban J connectivity index is 1.50. The molecule has 5 rings (SSSR count). The van der Waals surface area contributed by atoms with Crippen molar-refractivity contribution in [3.05, 3.63) is 142 Å². The molecule has 0 aliphatic carbocycles. The minimum atomic E-state index is -1.84. The van der Waals surface area contributed by atoms with E-state index in [-0.39, 0.29) is 11.4 Å². The van der Waals surface area contributed by atoms with Gasteiger partial charge >= 0.3 is 5.97 Å². The Hall–Kier alpha value is -5.55. The van der Waals surface area contributed by atoms with Crippen LogP contribution in [0.25, 0.3) is 0 Å². The number of benzene rings is 4. The molecule has 0 saturated carbocycles. The predicted molar refractivity (Wildman–Crippen MR) is 172 cm³/mol. The van der Waals surface area contributed by atoms with E-state index in [4.69, 9.17) is 9.47 Å². The number of carboxylic acids is 1. The van der Waals surface area contributed by atoms with Gasteiger partial charge in [-0.1, -0.05) is 36.4 Å². The highest BCUT2D eigenvalue weighted by Gasteiger charge is 2.28. The first-order valence-corrected chi connectivity index (χ1v) is 14.5. The first-order chi connectivity index (χ1) is 22.6. The zero-order chi connectivity index (χ0) is 33.7. The number of aromatic nitrogens is 1. The van der Waals surface area contributed by atoms with Gasteiger partial charge < -0.3 is 29.9 Å². The molecule has 1 atom stereocenters. The van der Waals surface area contributed by atoms with E-state index >= 15 is 8.78 Å². The monoisotopic (exact) mass is 643 g/mol. The van der Waals surface area contributed by atoms with Gasteiger partial charge in [-0.15, -0.1) is 0 Å². The van der Waals surface area contributed by atoms with Gasteiger partial charge in [0.25, 0.3) is 0 Å². The predicted octanol–water partition coefficient (Wildman–Crippen LogP) is 7.55. The van der Waals surface area contributed by atoms with E-state index in [1.807, 2.05) is 53.4 Å². The Morgan fingerprint density at radius 2 is 1.45 bits per heavy atom. The molecule has 0 fully saturated rings.